The molecule has 3 nitrogen and oxygen atoms in total. The van der Waals surface area contributed by atoms with E-state index >= 15 is 0 Å². The maximum absolute atomic E-state index is 5.46. The van der Waals surface area contributed by atoms with E-state index in [0.717, 1.165) is 5.00 Å². The van der Waals surface area contributed by atoms with E-state index < -0.39 is 0 Å². The van der Waals surface area contributed by atoms with E-state index in [9.17, 15) is 0 Å². The van der Waals surface area contributed by atoms with E-state index in [1.165, 1.54) is 0 Å². The average molecular weight is 165 g/mol. The number of nitrogens with zero attached hydrogens (tertiary/aromatic N) is 2. The first kappa shape index (κ1) is 6.42. The molecule has 0 unspecified atom stereocenters. The molecule has 4 heteroatoms. The number of thiophene rings is 1. The van der Waals surface area contributed by atoms with Gasteiger partial charge in [-0.2, -0.15) is 0 Å². The van der Waals surface area contributed by atoms with Crippen molar-refractivity contribution in [3.8, 4) is 5.00 Å². The van der Waals surface area contributed by atoms with Gasteiger partial charge in [0.25, 0.3) is 0 Å². The standard InChI is InChI=1S/C7H7N3S/c8-6-3-4-10(9-6)7-2-1-5-11-7/h1-5H,(H2,8,9). The summed E-state index contributed by atoms with van der Waals surface area (Å²) in [4.78, 5) is 0. The number of aromatic nitrogens is 2. The number of hydrogen-bond acceptors (Lipinski definition) is 3. The van der Waals surface area contributed by atoms with Crippen molar-refractivity contribution in [2.75, 3.05) is 5.73 Å². The molecular formula is C7H7N3S. The third-order valence-corrected chi connectivity index (χ3v) is 2.20. The molecule has 2 aromatic rings. The monoisotopic (exact) mass is 165 g/mol. The predicted molar refractivity (Wildman–Crippen MR) is 45.9 cm³/mol. The lowest BCUT2D eigenvalue weighted by Gasteiger charge is -1.92. The van der Waals surface area contributed by atoms with Gasteiger partial charge in [0.2, 0.25) is 0 Å². The maximum Gasteiger partial charge on any atom is 0.145 e. The molecule has 0 radical (unpaired) electrons. The topological polar surface area (TPSA) is 43.8 Å². The highest BCUT2D eigenvalue weighted by atomic mass is 32.1. The Bertz CT molecular complexity index is 336. The fourth-order valence-electron chi connectivity index (χ4n) is 0.861. The number of hydrogen-bond donors (Lipinski definition) is 1. The summed E-state index contributed by atoms with van der Waals surface area (Å²) < 4.78 is 1.76. The molecule has 0 saturated heterocycles. The maximum atomic E-state index is 5.46. The van der Waals surface area contributed by atoms with Gasteiger partial charge in [0.1, 0.15) is 10.8 Å². The van der Waals surface area contributed by atoms with Crippen LogP contribution in [0.5, 0.6) is 0 Å². The van der Waals surface area contributed by atoms with E-state index in [4.69, 9.17) is 5.73 Å². The minimum Gasteiger partial charge on any atom is -0.382 e. The highest BCUT2D eigenvalue weighted by Crippen LogP contribution is 2.14. The van der Waals surface area contributed by atoms with Crippen LogP contribution in [0.25, 0.3) is 5.00 Å². The lowest BCUT2D eigenvalue weighted by molar-refractivity contribution is 0.903. The zero-order valence-electron chi connectivity index (χ0n) is 5.77. The number of nitrogen functional groups attached to an aromatic ring is 1. The van der Waals surface area contributed by atoms with Crippen LogP contribution >= 0.6 is 11.3 Å². The number of anilines is 1. The summed E-state index contributed by atoms with van der Waals surface area (Å²) in [7, 11) is 0. The van der Waals surface area contributed by atoms with Crippen molar-refractivity contribution in [3.05, 3.63) is 29.8 Å². The van der Waals surface area contributed by atoms with Crippen LogP contribution in [-0.2, 0) is 0 Å². The SMILES string of the molecule is Nc1ccn(-c2cccs2)n1. The van der Waals surface area contributed by atoms with E-state index in [1.54, 1.807) is 22.1 Å². The summed E-state index contributed by atoms with van der Waals surface area (Å²) in [6.45, 7) is 0. The average Bonchev–Trinajstić information content (AvgIpc) is 2.55. The molecular weight excluding hydrogens is 158 g/mol. The van der Waals surface area contributed by atoms with E-state index in [2.05, 4.69) is 5.10 Å². The van der Waals surface area contributed by atoms with Gasteiger partial charge >= 0.3 is 0 Å². The van der Waals surface area contributed by atoms with Crippen molar-refractivity contribution in [3.63, 3.8) is 0 Å². The lowest BCUT2D eigenvalue weighted by Crippen LogP contribution is -1.92. The Hall–Kier alpha value is -1.29. The van der Waals surface area contributed by atoms with Gasteiger partial charge in [-0.05, 0) is 17.5 Å². The van der Waals surface area contributed by atoms with E-state index in [1.807, 2.05) is 23.7 Å². The molecule has 0 spiro atoms. The second kappa shape index (κ2) is 2.39. The van der Waals surface area contributed by atoms with Gasteiger partial charge < -0.3 is 5.73 Å². The Labute approximate surface area is 68.1 Å². The van der Waals surface area contributed by atoms with Crippen molar-refractivity contribution in [1.82, 2.24) is 9.78 Å². The summed E-state index contributed by atoms with van der Waals surface area (Å²) in [6, 6.07) is 5.76. The molecule has 11 heavy (non-hydrogen) atoms. The molecule has 2 aromatic heterocycles. The summed E-state index contributed by atoms with van der Waals surface area (Å²) in [6.07, 6.45) is 1.85. The first-order chi connectivity index (χ1) is 5.36. The lowest BCUT2D eigenvalue weighted by atomic mass is 10.6. The van der Waals surface area contributed by atoms with Gasteiger partial charge in [-0.25, -0.2) is 4.68 Å². The molecule has 56 valence electrons. The Morgan fingerprint density at radius 1 is 1.45 bits per heavy atom. The van der Waals surface area contributed by atoms with Gasteiger partial charge in [0.05, 0.1) is 0 Å². The van der Waals surface area contributed by atoms with Gasteiger partial charge in [-0.1, -0.05) is 0 Å². The van der Waals surface area contributed by atoms with Crippen molar-refractivity contribution in [2.45, 2.75) is 0 Å². The Morgan fingerprint density at radius 2 is 2.36 bits per heavy atom. The summed E-state index contributed by atoms with van der Waals surface area (Å²) in [5.41, 5.74) is 5.46. The van der Waals surface area contributed by atoms with Crippen LogP contribution < -0.4 is 5.73 Å². The second-order valence-electron chi connectivity index (χ2n) is 2.14. The van der Waals surface area contributed by atoms with Crippen LogP contribution in [0.1, 0.15) is 0 Å². The smallest absolute Gasteiger partial charge is 0.145 e. The molecule has 0 fully saturated rings. The van der Waals surface area contributed by atoms with Crippen LogP contribution in [-0.4, -0.2) is 9.78 Å². The zero-order chi connectivity index (χ0) is 7.68. The van der Waals surface area contributed by atoms with Crippen molar-refractivity contribution in [2.24, 2.45) is 0 Å². The van der Waals surface area contributed by atoms with Gasteiger partial charge in [-0.15, -0.1) is 16.4 Å². The predicted octanol–water partition coefficient (Wildman–Crippen LogP) is 1.52. The van der Waals surface area contributed by atoms with Crippen LogP contribution in [0.15, 0.2) is 29.8 Å². The minimum absolute atomic E-state index is 0.554. The molecule has 0 aliphatic heterocycles. The Morgan fingerprint density at radius 3 is 2.91 bits per heavy atom. The normalized spacial score (nSPS) is 10.2. The van der Waals surface area contributed by atoms with Crippen molar-refractivity contribution >= 4 is 17.2 Å². The van der Waals surface area contributed by atoms with Crippen LogP contribution in [0, 0.1) is 0 Å². The summed E-state index contributed by atoms with van der Waals surface area (Å²) in [5, 5.41) is 7.15. The molecule has 2 rings (SSSR count). The van der Waals surface area contributed by atoms with Crippen LogP contribution in [0.2, 0.25) is 0 Å². The number of nitrogens with two attached hydrogens (primary N) is 1. The quantitative estimate of drug-likeness (QED) is 0.696. The third-order valence-electron chi connectivity index (χ3n) is 1.34. The largest absolute Gasteiger partial charge is 0.382 e. The first-order valence-electron chi connectivity index (χ1n) is 3.21. The molecule has 0 aliphatic carbocycles. The third kappa shape index (κ3) is 1.12. The fraction of sp³-hybridized carbons (Fsp3) is 0. The van der Waals surface area contributed by atoms with Gasteiger partial charge in [0, 0.05) is 12.3 Å². The van der Waals surface area contributed by atoms with Crippen molar-refractivity contribution < 1.29 is 0 Å². The first-order valence-corrected chi connectivity index (χ1v) is 4.09. The Kier molecular flexibility index (Phi) is 1.40. The van der Waals surface area contributed by atoms with Gasteiger partial charge in [0.15, 0.2) is 0 Å². The molecule has 2 heterocycles. The zero-order valence-corrected chi connectivity index (χ0v) is 6.58. The Balaban J connectivity index is 2.45. The minimum atomic E-state index is 0.554. The molecule has 0 saturated carbocycles. The highest BCUT2D eigenvalue weighted by molar-refractivity contribution is 7.12. The van der Waals surface area contributed by atoms with E-state index in [0.29, 0.717) is 5.82 Å². The molecule has 0 amide bonds. The number of rotatable bonds is 1. The van der Waals surface area contributed by atoms with E-state index in [-0.39, 0.29) is 0 Å². The molecule has 0 bridgehead atoms. The van der Waals surface area contributed by atoms with Crippen LogP contribution in [0.3, 0.4) is 0 Å². The summed E-state index contributed by atoms with van der Waals surface area (Å²) >= 11 is 1.63. The second-order valence-corrected chi connectivity index (χ2v) is 3.06. The molecule has 0 atom stereocenters. The van der Waals surface area contributed by atoms with Crippen LogP contribution in [0.4, 0.5) is 5.82 Å². The summed E-state index contributed by atoms with van der Waals surface area (Å²) in [5.74, 6) is 0.554. The van der Waals surface area contributed by atoms with Gasteiger partial charge in [-0.3, -0.25) is 0 Å². The highest BCUT2D eigenvalue weighted by Gasteiger charge is 1.96. The molecule has 2 N–H and O–H groups in total. The van der Waals surface area contributed by atoms with Crippen molar-refractivity contribution in [1.29, 1.82) is 0 Å². The molecule has 0 aromatic carbocycles. The fourth-order valence-corrected chi connectivity index (χ4v) is 1.52. The molecule has 0 aliphatic rings.